The predicted molar refractivity (Wildman–Crippen MR) is 70.4 cm³/mol. The number of benzene rings is 1. The number of carbonyl (C=O) groups is 2. The van der Waals surface area contributed by atoms with E-state index in [4.69, 9.17) is 0 Å². The maximum Gasteiger partial charge on any atom is 0.160 e. The Labute approximate surface area is 102 Å². The molecular weight excluding hydrogens is 212 g/mol. The van der Waals surface area contributed by atoms with E-state index in [9.17, 15) is 9.59 Å². The largest absolute Gasteiger partial charge is 0.295 e. The molecule has 0 heterocycles. The van der Waals surface area contributed by atoms with Crippen molar-refractivity contribution >= 4 is 17.6 Å². The summed E-state index contributed by atoms with van der Waals surface area (Å²) in [5.41, 5.74) is 4.84. The van der Waals surface area contributed by atoms with Crippen molar-refractivity contribution < 1.29 is 9.59 Å². The van der Waals surface area contributed by atoms with Gasteiger partial charge in [-0.3, -0.25) is 9.59 Å². The van der Waals surface area contributed by atoms with Gasteiger partial charge in [0.1, 0.15) is 0 Å². The van der Waals surface area contributed by atoms with Crippen LogP contribution in [0.2, 0.25) is 0 Å². The standard InChI is InChI=1S/C15H18O2/c1-9-8-15(13(5)17)12(4)14(11(9)3)7-6-10(2)16/h6-8H,1-5H3/b7-6+. The van der Waals surface area contributed by atoms with Crippen LogP contribution in [-0.4, -0.2) is 11.6 Å². The van der Waals surface area contributed by atoms with Crippen LogP contribution in [0.5, 0.6) is 0 Å². The van der Waals surface area contributed by atoms with Crippen LogP contribution >= 0.6 is 0 Å². The monoisotopic (exact) mass is 230 g/mol. The summed E-state index contributed by atoms with van der Waals surface area (Å²) >= 11 is 0. The first-order valence-corrected chi connectivity index (χ1v) is 5.65. The first-order valence-electron chi connectivity index (χ1n) is 5.65. The van der Waals surface area contributed by atoms with Gasteiger partial charge in [-0.1, -0.05) is 6.08 Å². The number of aryl methyl sites for hydroxylation is 1. The summed E-state index contributed by atoms with van der Waals surface area (Å²) < 4.78 is 0. The average Bonchev–Trinajstić information content (AvgIpc) is 2.22. The number of allylic oxidation sites excluding steroid dienone is 1. The molecule has 1 aromatic rings. The van der Waals surface area contributed by atoms with Gasteiger partial charge in [-0.25, -0.2) is 0 Å². The van der Waals surface area contributed by atoms with E-state index in [1.165, 1.54) is 6.92 Å². The zero-order chi connectivity index (χ0) is 13.2. The highest BCUT2D eigenvalue weighted by molar-refractivity contribution is 5.98. The fraction of sp³-hybridized carbons (Fsp3) is 0.333. The van der Waals surface area contributed by atoms with Crippen molar-refractivity contribution in [2.75, 3.05) is 0 Å². The molecule has 0 atom stereocenters. The minimum absolute atomic E-state index is 0.00896. The summed E-state index contributed by atoms with van der Waals surface area (Å²) in [6, 6.07) is 1.91. The number of hydrogen-bond donors (Lipinski definition) is 0. The number of hydrogen-bond acceptors (Lipinski definition) is 2. The molecule has 0 radical (unpaired) electrons. The molecule has 1 rings (SSSR count). The smallest absolute Gasteiger partial charge is 0.160 e. The second-order valence-electron chi connectivity index (χ2n) is 4.40. The Hall–Kier alpha value is -1.70. The van der Waals surface area contributed by atoms with Gasteiger partial charge in [0, 0.05) is 5.56 Å². The lowest BCUT2D eigenvalue weighted by atomic mass is 9.91. The number of rotatable bonds is 3. The van der Waals surface area contributed by atoms with E-state index in [-0.39, 0.29) is 11.6 Å². The third-order valence-electron chi connectivity index (χ3n) is 3.03. The van der Waals surface area contributed by atoms with E-state index in [0.717, 1.165) is 27.8 Å². The van der Waals surface area contributed by atoms with Crippen LogP contribution in [0.25, 0.3) is 6.08 Å². The van der Waals surface area contributed by atoms with Gasteiger partial charge in [-0.15, -0.1) is 0 Å². The van der Waals surface area contributed by atoms with Crippen LogP contribution in [0.4, 0.5) is 0 Å². The molecule has 2 heteroatoms. The average molecular weight is 230 g/mol. The van der Waals surface area contributed by atoms with Crippen LogP contribution in [-0.2, 0) is 4.79 Å². The second-order valence-corrected chi connectivity index (χ2v) is 4.40. The zero-order valence-electron chi connectivity index (χ0n) is 11.0. The maximum atomic E-state index is 11.5. The van der Waals surface area contributed by atoms with Gasteiger partial charge in [0.2, 0.25) is 0 Å². The van der Waals surface area contributed by atoms with E-state index < -0.39 is 0 Å². The molecule has 1 aromatic carbocycles. The number of Topliss-reactive ketones (excluding diaryl/α,β-unsaturated/α-hetero) is 1. The topological polar surface area (TPSA) is 34.1 Å². The third-order valence-corrected chi connectivity index (χ3v) is 3.03. The van der Waals surface area contributed by atoms with Crippen LogP contribution in [0.1, 0.15) is 46.5 Å². The molecule has 0 saturated heterocycles. The Morgan fingerprint density at radius 2 is 1.65 bits per heavy atom. The summed E-state index contributed by atoms with van der Waals surface area (Å²) in [6.07, 6.45) is 3.34. The van der Waals surface area contributed by atoms with E-state index in [1.807, 2.05) is 26.8 Å². The normalized spacial score (nSPS) is 10.9. The van der Waals surface area contributed by atoms with Gasteiger partial charge in [0.25, 0.3) is 0 Å². The van der Waals surface area contributed by atoms with Gasteiger partial charge in [-0.05, 0) is 69.0 Å². The van der Waals surface area contributed by atoms with E-state index in [1.54, 1.807) is 19.1 Å². The Morgan fingerprint density at radius 1 is 1.06 bits per heavy atom. The molecule has 0 amide bonds. The molecule has 90 valence electrons. The Bertz CT molecular complexity index is 508. The molecule has 0 saturated carbocycles. The minimum atomic E-state index is 0.00896. The fourth-order valence-electron chi connectivity index (χ4n) is 1.89. The van der Waals surface area contributed by atoms with Crippen LogP contribution < -0.4 is 0 Å². The highest BCUT2D eigenvalue weighted by Crippen LogP contribution is 2.23. The first-order chi connectivity index (χ1) is 7.84. The number of ketones is 2. The van der Waals surface area contributed by atoms with Crippen LogP contribution in [0, 0.1) is 20.8 Å². The molecule has 0 fully saturated rings. The van der Waals surface area contributed by atoms with Gasteiger partial charge in [-0.2, -0.15) is 0 Å². The Morgan fingerprint density at radius 3 is 2.12 bits per heavy atom. The molecule has 0 aliphatic rings. The fourth-order valence-corrected chi connectivity index (χ4v) is 1.89. The maximum absolute atomic E-state index is 11.5. The molecule has 17 heavy (non-hydrogen) atoms. The molecule has 0 aromatic heterocycles. The molecule has 0 bridgehead atoms. The van der Waals surface area contributed by atoms with Crippen molar-refractivity contribution in [3.63, 3.8) is 0 Å². The predicted octanol–water partition coefficient (Wildman–Crippen LogP) is 3.42. The lowest BCUT2D eigenvalue weighted by Crippen LogP contribution is -2.02. The third kappa shape index (κ3) is 2.90. The highest BCUT2D eigenvalue weighted by atomic mass is 16.1. The Balaban J connectivity index is 3.47. The van der Waals surface area contributed by atoms with Gasteiger partial charge < -0.3 is 0 Å². The van der Waals surface area contributed by atoms with E-state index >= 15 is 0 Å². The summed E-state index contributed by atoms with van der Waals surface area (Å²) in [7, 11) is 0. The zero-order valence-corrected chi connectivity index (χ0v) is 11.0. The minimum Gasteiger partial charge on any atom is -0.295 e. The van der Waals surface area contributed by atoms with Crippen molar-refractivity contribution in [1.29, 1.82) is 0 Å². The van der Waals surface area contributed by atoms with Gasteiger partial charge in [0.15, 0.2) is 11.6 Å². The van der Waals surface area contributed by atoms with Crippen molar-refractivity contribution in [2.24, 2.45) is 0 Å². The second kappa shape index (κ2) is 5.09. The molecule has 2 nitrogen and oxygen atoms in total. The summed E-state index contributed by atoms with van der Waals surface area (Å²) in [5.74, 6) is 0.0674. The highest BCUT2D eigenvalue weighted by Gasteiger charge is 2.11. The quantitative estimate of drug-likeness (QED) is 0.589. The lowest BCUT2D eigenvalue weighted by molar-refractivity contribution is -0.112. The molecule has 0 unspecified atom stereocenters. The van der Waals surface area contributed by atoms with Crippen LogP contribution in [0.3, 0.4) is 0 Å². The van der Waals surface area contributed by atoms with Crippen molar-refractivity contribution in [1.82, 2.24) is 0 Å². The summed E-state index contributed by atoms with van der Waals surface area (Å²) in [5, 5.41) is 0. The van der Waals surface area contributed by atoms with E-state index in [2.05, 4.69) is 0 Å². The van der Waals surface area contributed by atoms with Gasteiger partial charge >= 0.3 is 0 Å². The molecule has 0 aliphatic heterocycles. The molecule has 0 N–H and O–H groups in total. The summed E-state index contributed by atoms with van der Waals surface area (Å²) in [6.45, 7) is 8.99. The first kappa shape index (κ1) is 13.4. The van der Waals surface area contributed by atoms with Crippen molar-refractivity contribution in [3.05, 3.63) is 40.0 Å². The van der Waals surface area contributed by atoms with Crippen LogP contribution in [0.15, 0.2) is 12.1 Å². The number of carbonyl (C=O) groups excluding carboxylic acids is 2. The Kier molecular flexibility index (Phi) is 4.00. The lowest BCUT2D eigenvalue weighted by Gasteiger charge is -2.12. The molecular formula is C15H18O2. The summed E-state index contributed by atoms with van der Waals surface area (Å²) in [4.78, 5) is 22.5. The van der Waals surface area contributed by atoms with Gasteiger partial charge in [0.05, 0.1) is 0 Å². The van der Waals surface area contributed by atoms with Crippen molar-refractivity contribution in [2.45, 2.75) is 34.6 Å². The SMILES string of the molecule is CC(=O)/C=C/c1c(C)c(C)cc(C(C)=O)c1C. The molecule has 0 aliphatic carbocycles. The van der Waals surface area contributed by atoms with E-state index in [0.29, 0.717) is 0 Å². The van der Waals surface area contributed by atoms with Crippen molar-refractivity contribution in [3.8, 4) is 0 Å². The molecule has 0 spiro atoms.